The minimum Gasteiger partial charge on any atom is -0.483 e. The number of benzene rings is 8. The zero-order chi connectivity index (χ0) is 28.8. The van der Waals surface area contributed by atoms with E-state index in [4.69, 9.17) is 4.74 Å². The van der Waals surface area contributed by atoms with Gasteiger partial charge in [0.15, 0.2) is 6.10 Å². The molecule has 0 saturated heterocycles. The number of fused-ring (bicyclic) bond motifs is 5. The van der Waals surface area contributed by atoms with E-state index in [-0.39, 0.29) is 12.1 Å². The van der Waals surface area contributed by atoms with Crippen LogP contribution in [0.1, 0.15) is 23.3 Å². The van der Waals surface area contributed by atoms with Crippen LogP contribution in [-0.2, 0) is 0 Å². The van der Waals surface area contributed by atoms with E-state index in [0.29, 0.717) is 0 Å². The smallest absolute Gasteiger partial charge is 0.151 e. The first-order chi connectivity index (χ1) is 21.8. The lowest BCUT2D eigenvalue weighted by Crippen LogP contribution is -2.20. The molecule has 0 saturated carbocycles. The van der Waals surface area contributed by atoms with Crippen molar-refractivity contribution in [1.82, 2.24) is 0 Å². The van der Waals surface area contributed by atoms with Gasteiger partial charge in [0, 0.05) is 22.5 Å². The zero-order valence-corrected chi connectivity index (χ0v) is 23.9. The quantitative estimate of drug-likeness (QED) is 0.199. The minimum absolute atomic E-state index is 0.0133. The van der Waals surface area contributed by atoms with Crippen LogP contribution < -0.4 is 9.64 Å². The Hall–Kier alpha value is -5.60. The Kier molecular flexibility index (Phi) is 4.86. The maximum Gasteiger partial charge on any atom is 0.151 e. The molecule has 8 aromatic rings. The predicted molar refractivity (Wildman–Crippen MR) is 182 cm³/mol. The van der Waals surface area contributed by atoms with Crippen LogP contribution in [0.25, 0.3) is 54.6 Å². The van der Waals surface area contributed by atoms with E-state index < -0.39 is 0 Å². The third-order valence-corrected chi connectivity index (χ3v) is 9.74. The van der Waals surface area contributed by atoms with Crippen molar-refractivity contribution >= 4 is 43.7 Å². The highest BCUT2D eigenvalue weighted by Gasteiger charge is 2.47. The molecule has 0 amide bonds. The second-order valence-corrected chi connectivity index (χ2v) is 12.0. The summed E-state index contributed by atoms with van der Waals surface area (Å²) in [6.07, 6.45) is -0.0133. The molecule has 44 heavy (non-hydrogen) atoms. The first-order valence-corrected chi connectivity index (χ1v) is 15.3. The molecule has 0 radical (unpaired) electrons. The summed E-state index contributed by atoms with van der Waals surface area (Å²) in [5.74, 6) is 0.986. The summed E-state index contributed by atoms with van der Waals surface area (Å²) in [5.41, 5.74) is 9.90. The van der Waals surface area contributed by atoms with E-state index in [9.17, 15) is 0 Å². The van der Waals surface area contributed by atoms with E-state index in [1.54, 1.807) is 0 Å². The number of nitrogens with zero attached hydrogens (tertiary/aromatic N) is 1. The second-order valence-electron chi connectivity index (χ2n) is 12.0. The second kappa shape index (κ2) is 8.95. The van der Waals surface area contributed by atoms with E-state index in [0.717, 1.165) is 5.75 Å². The van der Waals surface area contributed by atoms with Crippen molar-refractivity contribution in [3.63, 3.8) is 0 Å². The number of para-hydroxylation sites is 2. The summed E-state index contributed by atoms with van der Waals surface area (Å²) in [6, 6.07) is 55.4. The van der Waals surface area contributed by atoms with Crippen molar-refractivity contribution in [2.75, 3.05) is 4.90 Å². The van der Waals surface area contributed by atoms with E-state index >= 15 is 0 Å². The molecular formula is C42H27NO. The van der Waals surface area contributed by atoms with Gasteiger partial charge in [-0.2, -0.15) is 0 Å². The average Bonchev–Trinajstić information content (AvgIpc) is 3.62. The van der Waals surface area contributed by atoms with Crippen molar-refractivity contribution in [2.45, 2.75) is 12.1 Å². The fourth-order valence-electron chi connectivity index (χ4n) is 7.85. The fourth-order valence-corrected chi connectivity index (χ4v) is 7.85. The molecule has 2 heteroatoms. The maximum atomic E-state index is 6.55. The SMILES string of the molecule is c1ccc(-c2ccc3ccc4c(-c5cccc(N6c7ccccc7C7Oc8ccccc8C76)c5)ccc5ccc2c3c54)cc1. The molecule has 2 aliphatic heterocycles. The lowest BCUT2D eigenvalue weighted by atomic mass is 9.87. The van der Waals surface area contributed by atoms with Crippen LogP contribution in [0.4, 0.5) is 11.4 Å². The number of hydrogen-bond donors (Lipinski definition) is 0. The maximum absolute atomic E-state index is 6.55. The van der Waals surface area contributed by atoms with Gasteiger partial charge in [-0.1, -0.05) is 127 Å². The lowest BCUT2D eigenvalue weighted by molar-refractivity contribution is 0.223. The first kappa shape index (κ1) is 23.9. The Bertz CT molecular complexity index is 2390. The normalized spacial score (nSPS) is 16.8. The highest BCUT2D eigenvalue weighted by Crippen LogP contribution is 2.58. The van der Waals surface area contributed by atoms with E-state index in [1.807, 2.05) is 0 Å². The minimum atomic E-state index is -0.0133. The van der Waals surface area contributed by atoms with Gasteiger partial charge >= 0.3 is 0 Å². The summed E-state index contributed by atoms with van der Waals surface area (Å²) >= 11 is 0. The summed E-state index contributed by atoms with van der Waals surface area (Å²) < 4.78 is 6.55. The third-order valence-electron chi connectivity index (χ3n) is 9.74. The highest BCUT2D eigenvalue weighted by molar-refractivity contribution is 6.27. The molecular weight excluding hydrogens is 534 g/mol. The third kappa shape index (κ3) is 3.25. The largest absolute Gasteiger partial charge is 0.483 e. The van der Waals surface area contributed by atoms with Crippen molar-refractivity contribution in [2.24, 2.45) is 0 Å². The number of rotatable bonds is 3. The van der Waals surface area contributed by atoms with E-state index in [2.05, 4.69) is 157 Å². The van der Waals surface area contributed by atoms with Crippen LogP contribution in [0, 0.1) is 0 Å². The van der Waals surface area contributed by atoms with Gasteiger partial charge in [-0.25, -0.2) is 0 Å². The molecule has 206 valence electrons. The summed E-state index contributed by atoms with van der Waals surface area (Å²) in [4.78, 5) is 2.48. The molecule has 2 heterocycles. The van der Waals surface area contributed by atoms with Crippen LogP contribution in [0.15, 0.2) is 152 Å². The van der Waals surface area contributed by atoms with Gasteiger partial charge in [-0.15, -0.1) is 0 Å². The molecule has 10 rings (SSSR count). The van der Waals surface area contributed by atoms with Crippen molar-refractivity contribution in [3.05, 3.63) is 163 Å². The predicted octanol–water partition coefficient (Wildman–Crippen LogP) is 11.2. The monoisotopic (exact) mass is 561 g/mol. The van der Waals surface area contributed by atoms with Gasteiger partial charge < -0.3 is 9.64 Å². The van der Waals surface area contributed by atoms with Gasteiger partial charge in [0.05, 0.1) is 0 Å². The molecule has 0 aliphatic carbocycles. The van der Waals surface area contributed by atoms with Crippen molar-refractivity contribution < 1.29 is 4.74 Å². The average molecular weight is 562 g/mol. The van der Waals surface area contributed by atoms with Crippen LogP contribution in [-0.4, -0.2) is 0 Å². The molecule has 2 atom stereocenters. The molecule has 2 unspecified atom stereocenters. The van der Waals surface area contributed by atoms with Gasteiger partial charge in [-0.3, -0.25) is 0 Å². The Morgan fingerprint density at radius 3 is 1.86 bits per heavy atom. The molecule has 0 bridgehead atoms. The van der Waals surface area contributed by atoms with Gasteiger partial charge in [0.25, 0.3) is 0 Å². The molecule has 8 aromatic carbocycles. The summed E-state index contributed by atoms with van der Waals surface area (Å²) in [7, 11) is 0. The van der Waals surface area contributed by atoms with Gasteiger partial charge in [0.2, 0.25) is 0 Å². The topological polar surface area (TPSA) is 12.5 Å². The fraction of sp³-hybridized carbons (Fsp3) is 0.0476. The van der Waals surface area contributed by atoms with Crippen LogP contribution in [0.3, 0.4) is 0 Å². The van der Waals surface area contributed by atoms with Crippen molar-refractivity contribution in [1.29, 1.82) is 0 Å². The zero-order valence-electron chi connectivity index (χ0n) is 23.9. The number of hydrogen-bond acceptors (Lipinski definition) is 2. The number of anilines is 2. The van der Waals surface area contributed by atoms with Crippen molar-refractivity contribution in [3.8, 4) is 28.0 Å². The Labute approximate surface area is 255 Å². The highest BCUT2D eigenvalue weighted by atomic mass is 16.5. The van der Waals surface area contributed by atoms with Gasteiger partial charge in [-0.05, 0) is 78.8 Å². The lowest BCUT2D eigenvalue weighted by Gasteiger charge is -2.27. The van der Waals surface area contributed by atoms with Crippen LogP contribution in [0.2, 0.25) is 0 Å². The Morgan fingerprint density at radius 1 is 0.477 bits per heavy atom. The summed E-state index contributed by atoms with van der Waals surface area (Å²) in [5, 5.41) is 7.83. The molecule has 0 fully saturated rings. The van der Waals surface area contributed by atoms with E-state index in [1.165, 1.54) is 77.1 Å². The Morgan fingerprint density at radius 2 is 1.09 bits per heavy atom. The first-order valence-electron chi connectivity index (χ1n) is 15.3. The Balaban J connectivity index is 1.17. The summed E-state index contributed by atoms with van der Waals surface area (Å²) in [6.45, 7) is 0. The molecule has 0 N–H and O–H groups in total. The standard InChI is InChI=1S/C42H27NO/c1-2-9-26(10-3-1)31-21-17-27-20-24-34-32(22-18-28-19-23-33(31)39(27)40(28)34)29-11-8-12-30(25-29)43-37-15-6-4-13-35(37)42-41(43)36-14-5-7-16-38(36)44-42/h1-25,41-42H. The number of ether oxygens (including phenoxy) is 1. The molecule has 0 aromatic heterocycles. The molecule has 2 nitrogen and oxygen atoms in total. The molecule has 0 spiro atoms. The molecule has 2 aliphatic rings. The van der Waals surface area contributed by atoms with Crippen LogP contribution >= 0.6 is 0 Å². The van der Waals surface area contributed by atoms with Crippen LogP contribution in [0.5, 0.6) is 5.75 Å². The van der Waals surface area contributed by atoms with Gasteiger partial charge in [0.1, 0.15) is 11.8 Å².